The number of thiazole rings is 1. The van der Waals surface area contributed by atoms with Gasteiger partial charge >= 0.3 is 0 Å². The first-order valence-corrected chi connectivity index (χ1v) is 21.9. The number of rotatable bonds is 8. The highest BCUT2D eigenvalue weighted by Crippen LogP contribution is 2.48. The van der Waals surface area contributed by atoms with E-state index in [0.717, 1.165) is 60.9 Å². The molecule has 60 heavy (non-hydrogen) atoms. The van der Waals surface area contributed by atoms with E-state index in [1.54, 1.807) is 11.3 Å². The number of hydrogen-bond donors (Lipinski definition) is 1. The Bertz CT molecular complexity index is 3080. The molecule has 5 heteroatoms. The Morgan fingerprint density at radius 1 is 0.383 bits per heavy atom. The second-order valence-electron chi connectivity index (χ2n) is 15.0. The summed E-state index contributed by atoms with van der Waals surface area (Å²) in [7, 11) is 0. The minimum atomic E-state index is 0.100. The normalized spacial score (nSPS) is 13.2. The summed E-state index contributed by atoms with van der Waals surface area (Å²) in [5.41, 5.74) is 17.6. The summed E-state index contributed by atoms with van der Waals surface area (Å²) in [6.45, 7) is 0. The van der Waals surface area contributed by atoms with Gasteiger partial charge in [-0.15, -0.1) is 11.3 Å². The van der Waals surface area contributed by atoms with Crippen molar-refractivity contribution in [3.63, 3.8) is 0 Å². The van der Waals surface area contributed by atoms with Gasteiger partial charge in [0.15, 0.2) is 0 Å². The number of benzene rings is 8. The van der Waals surface area contributed by atoms with Crippen molar-refractivity contribution in [1.29, 1.82) is 0 Å². The zero-order valence-corrected chi connectivity index (χ0v) is 34.1. The van der Waals surface area contributed by atoms with Gasteiger partial charge < -0.3 is 5.32 Å². The summed E-state index contributed by atoms with van der Waals surface area (Å²) >= 11 is 3.58. The summed E-state index contributed by atoms with van der Waals surface area (Å²) in [4.78, 5) is 12.1. The van der Waals surface area contributed by atoms with E-state index in [9.17, 15) is 0 Å². The molecule has 0 amide bonds. The van der Waals surface area contributed by atoms with E-state index in [0.29, 0.717) is 0 Å². The molecule has 0 saturated carbocycles. The molecule has 10 aromatic rings. The van der Waals surface area contributed by atoms with Crippen LogP contribution in [0.5, 0.6) is 0 Å². The minimum Gasteiger partial charge on any atom is -0.368 e. The fourth-order valence-electron chi connectivity index (χ4n) is 8.12. The SMILES string of the molecule is c1ccc(-c2ccc(-c3cc(-c4ccc(-c5ccccc5)cc4)c(-c4cccc(C5Nc6ccccc6S5)c4)nc3-c3cccc(-c4nc5ccccc5s4)c3)cc2)cc1. The summed E-state index contributed by atoms with van der Waals surface area (Å²) < 4.78 is 1.18. The van der Waals surface area contributed by atoms with E-state index in [-0.39, 0.29) is 5.37 Å². The highest BCUT2D eigenvalue weighted by atomic mass is 32.2. The van der Waals surface area contributed by atoms with E-state index in [1.807, 2.05) is 11.8 Å². The number of fused-ring (bicyclic) bond motifs is 2. The van der Waals surface area contributed by atoms with Crippen molar-refractivity contribution in [3.8, 4) is 77.6 Å². The molecule has 11 rings (SSSR count). The molecule has 0 bridgehead atoms. The Morgan fingerprint density at radius 3 is 1.55 bits per heavy atom. The third kappa shape index (κ3) is 6.98. The third-order valence-electron chi connectivity index (χ3n) is 11.2. The lowest BCUT2D eigenvalue weighted by atomic mass is 9.90. The number of nitrogens with zero attached hydrogens (tertiary/aromatic N) is 2. The number of anilines is 1. The number of hydrogen-bond acceptors (Lipinski definition) is 5. The minimum absolute atomic E-state index is 0.100. The monoisotopic (exact) mass is 803 g/mol. The maximum absolute atomic E-state index is 5.77. The number of para-hydroxylation sites is 2. The van der Waals surface area contributed by atoms with Crippen molar-refractivity contribution in [2.45, 2.75) is 10.3 Å². The summed E-state index contributed by atoms with van der Waals surface area (Å²) in [5, 5.41) is 4.85. The van der Waals surface area contributed by atoms with Crippen LogP contribution >= 0.6 is 23.1 Å². The third-order valence-corrected chi connectivity index (χ3v) is 13.5. The number of pyridine rings is 1. The second-order valence-corrected chi connectivity index (χ2v) is 17.2. The van der Waals surface area contributed by atoms with Crippen molar-refractivity contribution >= 4 is 39.0 Å². The Balaban J connectivity index is 1.10. The van der Waals surface area contributed by atoms with Gasteiger partial charge in [0.25, 0.3) is 0 Å². The van der Waals surface area contributed by atoms with Crippen LogP contribution in [0.15, 0.2) is 217 Å². The maximum atomic E-state index is 5.77. The number of thioether (sulfide) groups is 1. The van der Waals surface area contributed by atoms with Gasteiger partial charge in [-0.05, 0) is 81.4 Å². The highest BCUT2D eigenvalue weighted by molar-refractivity contribution is 8.00. The summed E-state index contributed by atoms with van der Waals surface area (Å²) in [6, 6.07) is 75.9. The van der Waals surface area contributed by atoms with Crippen molar-refractivity contribution in [3.05, 3.63) is 218 Å². The van der Waals surface area contributed by atoms with E-state index in [1.165, 1.54) is 43.1 Å². The first kappa shape index (κ1) is 36.1. The maximum Gasteiger partial charge on any atom is 0.124 e. The van der Waals surface area contributed by atoms with Crippen molar-refractivity contribution < 1.29 is 0 Å². The molecular weight excluding hydrogens is 767 g/mol. The Labute approximate surface area is 358 Å². The molecule has 3 nitrogen and oxygen atoms in total. The highest BCUT2D eigenvalue weighted by Gasteiger charge is 2.24. The Kier molecular flexibility index (Phi) is 9.38. The molecule has 0 aliphatic carbocycles. The van der Waals surface area contributed by atoms with Crippen LogP contribution in [0.2, 0.25) is 0 Å². The Hall–Kier alpha value is -7.05. The zero-order valence-electron chi connectivity index (χ0n) is 32.5. The van der Waals surface area contributed by atoms with Crippen LogP contribution in [0.3, 0.4) is 0 Å². The van der Waals surface area contributed by atoms with Gasteiger partial charge in [-0.25, -0.2) is 9.97 Å². The first-order chi connectivity index (χ1) is 29.7. The largest absolute Gasteiger partial charge is 0.368 e. The first-order valence-electron chi connectivity index (χ1n) is 20.2. The molecule has 8 aromatic carbocycles. The van der Waals surface area contributed by atoms with E-state index in [4.69, 9.17) is 9.97 Å². The average molecular weight is 804 g/mol. The summed E-state index contributed by atoms with van der Waals surface area (Å²) in [5.74, 6) is 0. The molecule has 1 N–H and O–H groups in total. The lowest BCUT2D eigenvalue weighted by Crippen LogP contribution is -2.02. The molecule has 1 atom stereocenters. The molecule has 2 aromatic heterocycles. The van der Waals surface area contributed by atoms with E-state index < -0.39 is 0 Å². The topological polar surface area (TPSA) is 37.8 Å². The Morgan fingerprint density at radius 2 is 0.900 bits per heavy atom. The van der Waals surface area contributed by atoms with Gasteiger partial charge in [-0.3, -0.25) is 0 Å². The van der Waals surface area contributed by atoms with Crippen LogP contribution in [0, 0.1) is 0 Å². The van der Waals surface area contributed by atoms with Gasteiger partial charge in [0.05, 0.1) is 21.6 Å². The molecule has 1 aliphatic heterocycles. The van der Waals surface area contributed by atoms with Gasteiger partial charge in [0, 0.05) is 38.4 Å². The van der Waals surface area contributed by atoms with Crippen molar-refractivity contribution in [2.24, 2.45) is 0 Å². The molecule has 1 unspecified atom stereocenters. The molecular formula is C55H37N3S2. The van der Waals surface area contributed by atoms with Crippen LogP contribution in [0.4, 0.5) is 5.69 Å². The van der Waals surface area contributed by atoms with Gasteiger partial charge in [-0.1, -0.05) is 182 Å². The number of aromatic nitrogens is 2. The molecule has 3 heterocycles. The molecule has 1 aliphatic rings. The van der Waals surface area contributed by atoms with Crippen LogP contribution < -0.4 is 5.32 Å². The van der Waals surface area contributed by atoms with E-state index >= 15 is 0 Å². The van der Waals surface area contributed by atoms with Gasteiger partial charge in [-0.2, -0.15) is 0 Å². The smallest absolute Gasteiger partial charge is 0.124 e. The predicted molar refractivity (Wildman–Crippen MR) is 254 cm³/mol. The lowest BCUT2D eigenvalue weighted by molar-refractivity contribution is 1.13. The molecule has 284 valence electrons. The average Bonchev–Trinajstić information content (AvgIpc) is 3.98. The van der Waals surface area contributed by atoms with Gasteiger partial charge in [0.2, 0.25) is 0 Å². The fraction of sp³-hybridized carbons (Fsp3) is 0.0182. The van der Waals surface area contributed by atoms with Crippen molar-refractivity contribution in [1.82, 2.24) is 9.97 Å². The second kappa shape index (κ2) is 15.6. The van der Waals surface area contributed by atoms with Crippen LogP contribution in [0.25, 0.3) is 87.8 Å². The quantitative estimate of drug-likeness (QED) is 0.166. The molecule has 0 spiro atoms. The number of nitrogens with one attached hydrogen (secondary N) is 1. The van der Waals surface area contributed by atoms with Crippen LogP contribution in [0.1, 0.15) is 10.9 Å². The van der Waals surface area contributed by atoms with Crippen LogP contribution in [-0.2, 0) is 0 Å². The molecule has 0 radical (unpaired) electrons. The lowest BCUT2D eigenvalue weighted by Gasteiger charge is -2.19. The standard InChI is InChI=1S/C55H37N3S2/c1-3-13-36(14-4-1)38-25-29-40(30-26-38)46-35-47(41-31-27-39(28-32-41)37-15-5-2-6-16-37)53(43-18-12-20-45(34-43)55-57-49-22-8-10-24-51(49)60-55)58-52(46)42-17-11-19-44(33-42)54-56-48-21-7-9-23-50(48)59-54/h1-35,54,56H. The van der Waals surface area contributed by atoms with Crippen LogP contribution in [-0.4, -0.2) is 9.97 Å². The predicted octanol–water partition coefficient (Wildman–Crippen LogP) is 15.6. The van der Waals surface area contributed by atoms with E-state index in [2.05, 4.69) is 218 Å². The van der Waals surface area contributed by atoms with Crippen molar-refractivity contribution in [2.75, 3.05) is 5.32 Å². The fourth-order valence-corrected chi connectivity index (χ4v) is 10.2. The summed E-state index contributed by atoms with van der Waals surface area (Å²) in [6.07, 6.45) is 0. The molecule has 0 fully saturated rings. The van der Waals surface area contributed by atoms with Gasteiger partial charge in [0.1, 0.15) is 10.4 Å². The zero-order chi connectivity index (χ0) is 39.8. The molecule has 0 saturated heterocycles.